The highest BCUT2D eigenvalue weighted by atomic mass is 16.2. The minimum atomic E-state index is -0.333. The quantitative estimate of drug-likeness (QED) is 0.828. The number of hydrogen-bond donors (Lipinski definition) is 2. The van der Waals surface area contributed by atoms with Gasteiger partial charge < -0.3 is 5.32 Å². The Morgan fingerprint density at radius 1 is 1.10 bits per heavy atom. The molecule has 3 unspecified atom stereocenters. The Bertz CT molecular complexity index is 353. The fourth-order valence-corrected chi connectivity index (χ4v) is 3.30. The van der Waals surface area contributed by atoms with E-state index in [2.05, 4.69) is 29.4 Å². The van der Waals surface area contributed by atoms with Gasteiger partial charge in [0.1, 0.15) is 0 Å². The second-order valence-corrected chi connectivity index (χ2v) is 6.38. The van der Waals surface area contributed by atoms with Crippen LogP contribution in [-0.4, -0.2) is 42.5 Å². The molecule has 0 bridgehead atoms. The van der Waals surface area contributed by atoms with Gasteiger partial charge in [0.05, 0.1) is 6.54 Å². The van der Waals surface area contributed by atoms with Crippen molar-refractivity contribution in [3.8, 4) is 0 Å². The summed E-state index contributed by atoms with van der Waals surface area (Å²) in [6.07, 6.45) is 5.69. The predicted octanol–water partition coefficient (Wildman–Crippen LogP) is 1.73. The van der Waals surface area contributed by atoms with E-state index < -0.39 is 0 Å². The third kappa shape index (κ3) is 4.20. The second kappa shape index (κ2) is 7.07. The number of urea groups is 1. The van der Waals surface area contributed by atoms with Crippen molar-refractivity contribution in [1.29, 1.82) is 0 Å². The molecule has 2 aliphatic rings. The zero-order valence-electron chi connectivity index (χ0n) is 12.7. The van der Waals surface area contributed by atoms with Gasteiger partial charge >= 0.3 is 6.03 Å². The molecule has 20 heavy (non-hydrogen) atoms. The highest BCUT2D eigenvalue weighted by molar-refractivity contribution is 5.95. The first-order chi connectivity index (χ1) is 9.56. The lowest BCUT2D eigenvalue weighted by atomic mass is 9.78. The fourth-order valence-electron chi connectivity index (χ4n) is 3.30. The number of carbonyl (C=O) groups excluding carboxylic acids is 2. The minimum Gasteiger partial charge on any atom is -0.335 e. The number of likely N-dealkylation sites (tertiary alicyclic amines) is 1. The molecule has 2 fully saturated rings. The number of hydrogen-bond acceptors (Lipinski definition) is 3. The zero-order valence-corrected chi connectivity index (χ0v) is 12.7. The lowest BCUT2D eigenvalue weighted by molar-refractivity contribution is -0.120. The molecule has 114 valence electrons. The van der Waals surface area contributed by atoms with Gasteiger partial charge in [-0.1, -0.05) is 26.7 Å². The van der Waals surface area contributed by atoms with E-state index in [1.54, 1.807) is 0 Å². The van der Waals surface area contributed by atoms with E-state index in [-0.39, 0.29) is 18.0 Å². The van der Waals surface area contributed by atoms with Crippen molar-refractivity contribution in [2.45, 2.75) is 52.0 Å². The smallest absolute Gasteiger partial charge is 0.321 e. The molecule has 3 atom stereocenters. The van der Waals surface area contributed by atoms with Crippen molar-refractivity contribution in [3.63, 3.8) is 0 Å². The summed E-state index contributed by atoms with van der Waals surface area (Å²) in [4.78, 5) is 25.8. The molecule has 2 N–H and O–H groups in total. The molecule has 5 nitrogen and oxygen atoms in total. The summed E-state index contributed by atoms with van der Waals surface area (Å²) in [5, 5.41) is 5.42. The molecule has 1 saturated heterocycles. The van der Waals surface area contributed by atoms with Crippen molar-refractivity contribution in [2.75, 3.05) is 19.6 Å². The number of rotatable bonds is 3. The maximum absolute atomic E-state index is 11.9. The maximum Gasteiger partial charge on any atom is 0.321 e. The molecule has 0 spiro atoms. The summed E-state index contributed by atoms with van der Waals surface area (Å²) in [7, 11) is 0. The predicted molar refractivity (Wildman–Crippen MR) is 78.3 cm³/mol. The van der Waals surface area contributed by atoms with E-state index in [0.29, 0.717) is 18.4 Å². The topological polar surface area (TPSA) is 61.4 Å². The minimum absolute atomic E-state index is 0.193. The Balaban J connectivity index is 1.72. The lowest BCUT2D eigenvalue weighted by Crippen LogP contribution is -2.50. The first-order valence-corrected chi connectivity index (χ1v) is 7.89. The Labute approximate surface area is 121 Å². The van der Waals surface area contributed by atoms with Gasteiger partial charge in [-0.25, -0.2) is 4.79 Å². The van der Waals surface area contributed by atoms with Gasteiger partial charge in [-0.3, -0.25) is 15.0 Å². The van der Waals surface area contributed by atoms with Crippen LogP contribution >= 0.6 is 0 Å². The summed E-state index contributed by atoms with van der Waals surface area (Å²) in [6.45, 7) is 6.68. The molecule has 0 aromatic rings. The van der Waals surface area contributed by atoms with Crippen LogP contribution in [0.5, 0.6) is 0 Å². The molecular weight excluding hydrogens is 254 g/mol. The van der Waals surface area contributed by atoms with E-state index in [1.807, 2.05) is 0 Å². The van der Waals surface area contributed by atoms with Gasteiger partial charge in [0.15, 0.2) is 0 Å². The van der Waals surface area contributed by atoms with Crippen LogP contribution in [0.25, 0.3) is 0 Å². The van der Waals surface area contributed by atoms with E-state index in [1.165, 1.54) is 6.42 Å². The molecule has 1 aliphatic heterocycles. The third-order valence-electron chi connectivity index (χ3n) is 4.84. The van der Waals surface area contributed by atoms with Gasteiger partial charge in [-0.05, 0) is 44.2 Å². The van der Waals surface area contributed by atoms with Crippen LogP contribution in [0.15, 0.2) is 0 Å². The summed E-state index contributed by atoms with van der Waals surface area (Å²) >= 11 is 0. The molecule has 1 aliphatic carbocycles. The molecule has 2 rings (SSSR count). The van der Waals surface area contributed by atoms with Crippen LogP contribution in [0.4, 0.5) is 4.79 Å². The van der Waals surface area contributed by atoms with Crippen molar-refractivity contribution in [1.82, 2.24) is 15.5 Å². The number of carbonyl (C=O) groups is 2. The molecule has 3 amide bonds. The number of nitrogens with one attached hydrogen (secondary N) is 2. The fraction of sp³-hybridized carbons (Fsp3) is 0.867. The average Bonchev–Trinajstić information content (AvgIpc) is 2.87. The van der Waals surface area contributed by atoms with E-state index in [4.69, 9.17) is 0 Å². The molecule has 0 aromatic carbocycles. The van der Waals surface area contributed by atoms with E-state index in [9.17, 15) is 9.59 Å². The molecule has 1 heterocycles. The molecule has 5 heteroatoms. The van der Waals surface area contributed by atoms with Gasteiger partial charge in [0.25, 0.3) is 0 Å². The Hall–Kier alpha value is -1.10. The summed E-state index contributed by atoms with van der Waals surface area (Å²) in [5.41, 5.74) is 0. The van der Waals surface area contributed by atoms with Crippen LogP contribution in [0.2, 0.25) is 0 Å². The lowest BCUT2D eigenvalue weighted by Gasteiger charge is -2.34. The highest BCUT2D eigenvalue weighted by Gasteiger charge is 2.28. The second-order valence-electron chi connectivity index (χ2n) is 6.38. The molecular formula is C15H27N3O2. The van der Waals surface area contributed by atoms with Gasteiger partial charge in [0, 0.05) is 6.04 Å². The highest BCUT2D eigenvalue weighted by Crippen LogP contribution is 2.29. The maximum atomic E-state index is 11.9. The van der Waals surface area contributed by atoms with Crippen molar-refractivity contribution >= 4 is 11.9 Å². The standard InChI is InChI=1S/C15H27N3O2/c1-11-6-5-7-13(12(11)2)16-15(20)17-14(19)10-18-8-3-4-9-18/h11-13H,3-10H2,1-2H3,(H2,16,17,19,20). The van der Waals surface area contributed by atoms with Gasteiger partial charge in [0.2, 0.25) is 5.91 Å². The first-order valence-electron chi connectivity index (χ1n) is 7.89. The van der Waals surface area contributed by atoms with Crippen LogP contribution in [0, 0.1) is 11.8 Å². The number of nitrogens with zero attached hydrogens (tertiary/aromatic N) is 1. The van der Waals surface area contributed by atoms with Crippen LogP contribution in [-0.2, 0) is 4.79 Å². The monoisotopic (exact) mass is 281 g/mol. The third-order valence-corrected chi connectivity index (χ3v) is 4.84. The van der Waals surface area contributed by atoms with Crippen LogP contribution < -0.4 is 10.6 Å². The van der Waals surface area contributed by atoms with Crippen molar-refractivity contribution < 1.29 is 9.59 Å². The number of imide groups is 1. The number of amides is 3. The summed E-state index contributed by atoms with van der Waals surface area (Å²) in [6, 6.07) is -0.140. The SMILES string of the molecule is CC1CCCC(NC(=O)NC(=O)CN2CCCC2)C1C. The molecule has 1 saturated carbocycles. The van der Waals surface area contributed by atoms with Crippen molar-refractivity contribution in [3.05, 3.63) is 0 Å². The van der Waals surface area contributed by atoms with Crippen LogP contribution in [0.3, 0.4) is 0 Å². The largest absolute Gasteiger partial charge is 0.335 e. The first kappa shape index (κ1) is 15.3. The Morgan fingerprint density at radius 2 is 1.80 bits per heavy atom. The average molecular weight is 281 g/mol. The summed E-state index contributed by atoms with van der Waals surface area (Å²) < 4.78 is 0. The van der Waals surface area contributed by atoms with Crippen LogP contribution in [0.1, 0.15) is 46.0 Å². The summed E-state index contributed by atoms with van der Waals surface area (Å²) in [5.74, 6) is 0.915. The normalized spacial score (nSPS) is 31.0. The Morgan fingerprint density at radius 3 is 2.50 bits per heavy atom. The Kier molecular flexibility index (Phi) is 5.40. The van der Waals surface area contributed by atoms with E-state index in [0.717, 1.165) is 38.8 Å². The molecule has 0 radical (unpaired) electrons. The zero-order chi connectivity index (χ0) is 14.5. The van der Waals surface area contributed by atoms with Gasteiger partial charge in [-0.2, -0.15) is 0 Å². The van der Waals surface area contributed by atoms with E-state index >= 15 is 0 Å². The molecule has 0 aromatic heterocycles. The van der Waals surface area contributed by atoms with Gasteiger partial charge in [-0.15, -0.1) is 0 Å². The van der Waals surface area contributed by atoms with Crippen molar-refractivity contribution in [2.24, 2.45) is 11.8 Å².